The van der Waals surface area contributed by atoms with Gasteiger partial charge in [0.15, 0.2) is 11.0 Å². The summed E-state index contributed by atoms with van der Waals surface area (Å²) in [6.45, 7) is 0.0485. The predicted octanol–water partition coefficient (Wildman–Crippen LogP) is 0.360. The third-order valence-corrected chi connectivity index (χ3v) is 1.96. The molecule has 2 aromatic rings. The van der Waals surface area contributed by atoms with Crippen molar-refractivity contribution in [3.8, 4) is 0 Å². The van der Waals surface area contributed by atoms with E-state index < -0.39 is 0 Å². The van der Waals surface area contributed by atoms with Crippen molar-refractivity contribution in [2.24, 2.45) is 0 Å². The van der Waals surface area contributed by atoms with Crippen LogP contribution < -0.4 is 5.32 Å². The number of halogens is 1. The summed E-state index contributed by atoms with van der Waals surface area (Å²) >= 11 is 5.73. The first-order valence-corrected chi connectivity index (χ1v) is 4.72. The molecule has 0 atom stereocenters. The number of amides is 1. The van der Waals surface area contributed by atoms with Gasteiger partial charge in [0.2, 0.25) is 5.91 Å². The lowest BCUT2D eigenvalue weighted by Crippen LogP contribution is -2.20. The molecule has 0 unspecified atom stereocenters. The highest BCUT2D eigenvalue weighted by Gasteiger charge is 2.08. The van der Waals surface area contributed by atoms with Crippen molar-refractivity contribution in [2.75, 3.05) is 5.32 Å². The Balaban J connectivity index is 2.00. The molecule has 0 aliphatic carbocycles. The molecule has 0 aliphatic heterocycles. The Labute approximate surface area is 95.5 Å². The first-order chi connectivity index (χ1) is 7.75. The first-order valence-electron chi connectivity index (χ1n) is 4.34. The number of anilines is 1. The lowest BCUT2D eigenvalue weighted by atomic mass is 10.5. The van der Waals surface area contributed by atoms with Gasteiger partial charge in [-0.1, -0.05) is 11.6 Å². The van der Waals surface area contributed by atoms with Crippen molar-refractivity contribution in [1.29, 1.82) is 0 Å². The number of hydrogen-bond acceptors (Lipinski definition) is 5. The van der Waals surface area contributed by atoms with E-state index in [2.05, 4.69) is 25.4 Å². The fourth-order valence-electron chi connectivity index (χ4n) is 1.04. The number of rotatable bonds is 3. The zero-order chi connectivity index (χ0) is 11.4. The van der Waals surface area contributed by atoms with Crippen LogP contribution in [0.15, 0.2) is 25.0 Å². The van der Waals surface area contributed by atoms with Crippen LogP contribution in [-0.2, 0) is 11.3 Å². The second-order valence-corrected chi connectivity index (χ2v) is 3.20. The van der Waals surface area contributed by atoms with Crippen LogP contribution in [0, 0.1) is 0 Å². The normalized spacial score (nSPS) is 10.1. The molecule has 0 bridgehead atoms. The zero-order valence-electron chi connectivity index (χ0n) is 8.04. The van der Waals surface area contributed by atoms with Crippen LogP contribution in [0.1, 0.15) is 0 Å². The van der Waals surface area contributed by atoms with E-state index in [0.717, 1.165) is 0 Å². The van der Waals surface area contributed by atoms with Crippen LogP contribution in [-0.4, -0.2) is 30.6 Å². The summed E-state index contributed by atoms with van der Waals surface area (Å²) in [5.41, 5.74) is 0. The van der Waals surface area contributed by atoms with E-state index >= 15 is 0 Å². The van der Waals surface area contributed by atoms with Crippen LogP contribution in [0.2, 0.25) is 5.15 Å². The van der Waals surface area contributed by atoms with Crippen LogP contribution in [0.3, 0.4) is 0 Å². The molecule has 0 saturated heterocycles. The number of carbonyl (C=O) groups is 1. The Kier molecular flexibility index (Phi) is 3.06. The Bertz CT molecular complexity index is 485. The van der Waals surface area contributed by atoms with Crippen LogP contribution in [0.4, 0.5) is 5.82 Å². The van der Waals surface area contributed by atoms with E-state index in [1.54, 1.807) is 0 Å². The lowest BCUT2D eigenvalue weighted by Gasteiger charge is -2.04. The van der Waals surface area contributed by atoms with Gasteiger partial charge in [0.1, 0.15) is 19.2 Å². The van der Waals surface area contributed by atoms with Crippen molar-refractivity contribution >= 4 is 23.3 Å². The lowest BCUT2D eigenvalue weighted by molar-refractivity contribution is -0.116. The highest BCUT2D eigenvalue weighted by atomic mass is 35.5. The maximum Gasteiger partial charge on any atom is 0.247 e. The molecule has 16 heavy (non-hydrogen) atoms. The van der Waals surface area contributed by atoms with E-state index in [-0.39, 0.29) is 23.4 Å². The predicted molar refractivity (Wildman–Crippen MR) is 55.7 cm³/mol. The largest absolute Gasteiger partial charge is 0.306 e. The Morgan fingerprint density at radius 3 is 2.94 bits per heavy atom. The maximum absolute atomic E-state index is 11.5. The quantitative estimate of drug-likeness (QED) is 0.835. The topological polar surface area (TPSA) is 85.6 Å². The Morgan fingerprint density at radius 1 is 1.44 bits per heavy atom. The van der Waals surface area contributed by atoms with Crippen LogP contribution in [0.25, 0.3) is 0 Å². The number of nitrogens with one attached hydrogen (secondary N) is 1. The fraction of sp³-hybridized carbons (Fsp3) is 0.125. The standard InChI is InChI=1S/C8H7ClN6O/c9-7-8(12-2-1-11-7)14-6(16)3-15-5-10-4-13-15/h1-2,4-5H,3H2,(H,12,14,16). The van der Waals surface area contributed by atoms with Gasteiger partial charge in [-0.2, -0.15) is 5.10 Å². The third kappa shape index (κ3) is 2.51. The highest BCUT2D eigenvalue weighted by molar-refractivity contribution is 6.32. The maximum atomic E-state index is 11.5. The molecule has 8 heteroatoms. The number of hydrogen-bond donors (Lipinski definition) is 1. The monoisotopic (exact) mass is 238 g/mol. The second kappa shape index (κ2) is 4.67. The molecule has 0 saturated carbocycles. The van der Waals surface area contributed by atoms with E-state index in [4.69, 9.17) is 11.6 Å². The molecule has 0 aliphatic rings. The minimum absolute atomic E-state index is 0.0485. The average molecular weight is 239 g/mol. The van der Waals surface area contributed by atoms with Crippen LogP contribution in [0.5, 0.6) is 0 Å². The first kappa shape index (κ1) is 10.5. The van der Waals surface area contributed by atoms with Gasteiger partial charge in [-0.05, 0) is 0 Å². The van der Waals surface area contributed by atoms with Crippen LogP contribution >= 0.6 is 11.6 Å². The summed E-state index contributed by atoms with van der Waals surface area (Å²) in [5, 5.41) is 6.46. The molecule has 1 amide bonds. The van der Waals surface area contributed by atoms with Crippen molar-refractivity contribution in [1.82, 2.24) is 24.7 Å². The second-order valence-electron chi connectivity index (χ2n) is 2.84. The van der Waals surface area contributed by atoms with E-state index in [0.29, 0.717) is 0 Å². The minimum Gasteiger partial charge on any atom is -0.306 e. The summed E-state index contributed by atoms with van der Waals surface area (Å²) < 4.78 is 1.39. The molecule has 2 aromatic heterocycles. The SMILES string of the molecule is O=C(Cn1cncn1)Nc1nccnc1Cl. The smallest absolute Gasteiger partial charge is 0.247 e. The van der Waals surface area contributed by atoms with E-state index in [9.17, 15) is 4.79 Å². The summed E-state index contributed by atoms with van der Waals surface area (Å²) in [5.74, 6) is -0.0674. The molecule has 1 N–H and O–H groups in total. The van der Waals surface area contributed by atoms with Gasteiger partial charge in [-0.15, -0.1) is 0 Å². The number of aromatic nitrogens is 5. The van der Waals surface area contributed by atoms with E-state index in [1.807, 2.05) is 0 Å². The third-order valence-electron chi connectivity index (χ3n) is 1.68. The molecule has 82 valence electrons. The molecule has 2 heterocycles. The molecule has 7 nitrogen and oxygen atoms in total. The van der Waals surface area contributed by atoms with Gasteiger partial charge >= 0.3 is 0 Å². The Morgan fingerprint density at radius 2 is 2.25 bits per heavy atom. The van der Waals surface area contributed by atoms with Gasteiger partial charge in [-0.25, -0.2) is 19.6 Å². The molecule has 0 aromatic carbocycles. The number of nitrogens with zero attached hydrogens (tertiary/aromatic N) is 5. The van der Waals surface area contributed by atoms with Gasteiger partial charge in [0.05, 0.1) is 0 Å². The molecule has 2 rings (SSSR count). The van der Waals surface area contributed by atoms with Crippen molar-refractivity contribution in [3.05, 3.63) is 30.2 Å². The summed E-state index contributed by atoms with van der Waals surface area (Å²) in [4.78, 5) is 22.9. The summed E-state index contributed by atoms with van der Waals surface area (Å²) in [6.07, 6.45) is 5.67. The van der Waals surface area contributed by atoms with Crippen molar-refractivity contribution < 1.29 is 4.79 Å². The molecule has 0 radical (unpaired) electrons. The molecule has 0 fully saturated rings. The molecular weight excluding hydrogens is 232 g/mol. The number of carbonyl (C=O) groups excluding carboxylic acids is 1. The van der Waals surface area contributed by atoms with Crippen molar-refractivity contribution in [3.63, 3.8) is 0 Å². The van der Waals surface area contributed by atoms with Gasteiger partial charge in [-0.3, -0.25) is 4.79 Å². The van der Waals surface area contributed by atoms with Crippen molar-refractivity contribution in [2.45, 2.75) is 6.54 Å². The molecular formula is C8H7ClN6O. The Hall–Kier alpha value is -2.02. The summed E-state index contributed by atoms with van der Waals surface area (Å²) in [7, 11) is 0. The average Bonchev–Trinajstić information content (AvgIpc) is 2.74. The van der Waals surface area contributed by atoms with Gasteiger partial charge < -0.3 is 5.32 Å². The van der Waals surface area contributed by atoms with E-state index in [1.165, 1.54) is 29.7 Å². The molecule has 0 spiro atoms. The fourth-order valence-corrected chi connectivity index (χ4v) is 1.19. The highest BCUT2D eigenvalue weighted by Crippen LogP contribution is 2.13. The van der Waals surface area contributed by atoms with Gasteiger partial charge in [0, 0.05) is 12.4 Å². The minimum atomic E-state index is -0.298. The van der Waals surface area contributed by atoms with Gasteiger partial charge in [0.25, 0.3) is 0 Å². The summed E-state index contributed by atoms with van der Waals surface area (Å²) in [6, 6.07) is 0. The zero-order valence-corrected chi connectivity index (χ0v) is 8.79.